The molecule has 0 aliphatic rings. The van der Waals surface area contributed by atoms with E-state index in [1.165, 1.54) is 12.1 Å². The first-order valence-corrected chi connectivity index (χ1v) is 4.85. The molecule has 0 aliphatic carbocycles. The minimum atomic E-state index is -4.60. The van der Waals surface area contributed by atoms with Crippen molar-refractivity contribution in [3.05, 3.63) is 41.0 Å². The first kappa shape index (κ1) is 14.0. The van der Waals surface area contributed by atoms with Gasteiger partial charge in [0.2, 0.25) is 0 Å². The van der Waals surface area contributed by atoms with Crippen LogP contribution in [0.1, 0.15) is 18.1 Å². The second kappa shape index (κ2) is 5.03. The Balaban J connectivity index is 3.38. The highest BCUT2D eigenvalue weighted by Gasteiger charge is 2.32. The minimum Gasteiger partial charge on any atom is -0.478 e. The predicted octanol–water partition coefficient (Wildman–Crippen LogP) is 2.76. The summed E-state index contributed by atoms with van der Waals surface area (Å²) in [5.74, 6) is -2.36. The van der Waals surface area contributed by atoms with Gasteiger partial charge in [0.1, 0.15) is 5.57 Å². The molecule has 0 radical (unpaired) electrons. The van der Waals surface area contributed by atoms with Crippen LogP contribution in [0.4, 0.5) is 13.2 Å². The van der Waals surface area contributed by atoms with Gasteiger partial charge in [0.25, 0.3) is 0 Å². The normalized spacial score (nSPS) is 12.3. The van der Waals surface area contributed by atoms with Gasteiger partial charge < -0.3 is 5.11 Å². The van der Waals surface area contributed by atoms with Gasteiger partial charge in [-0.3, -0.25) is 4.79 Å². The van der Waals surface area contributed by atoms with Crippen LogP contribution >= 0.6 is 0 Å². The van der Waals surface area contributed by atoms with Gasteiger partial charge in [0.15, 0.2) is 5.78 Å². The third kappa shape index (κ3) is 3.19. The van der Waals surface area contributed by atoms with Crippen molar-refractivity contribution >= 4 is 17.8 Å². The molecule has 0 saturated heterocycles. The van der Waals surface area contributed by atoms with E-state index in [-0.39, 0.29) is 5.56 Å². The summed E-state index contributed by atoms with van der Waals surface area (Å²) in [7, 11) is 0. The van der Waals surface area contributed by atoms with Gasteiger partial charge in [0, 0.05) is 0 Å². The molecule has 0 atom stereocenters. The molecule has 6 heteroatoms. The van der Waals surface area contributed by atoms with Crippen LogP contribution in [0.5, 0.6) is 0 Å². The van der Waals surface area contributed by atoms with Crippen molar-refractivity contribution in [1.29, 1.82) is 0 Å². The Morgan fingerprint density at radius 1 is 1.22 bits per heavy atom. The summed E-state index contributed by atoms with van der Waals surface area (Å²) in [5, 5.41) is 8.73. The molecule has 1 aromatic rings. The number of Topliss-reactive ketones (excluding diaryl/α,β-unsaturated/α-hetero) is 1. The lowest BCUT2D eigenvalue weighted by Gasteiger charge is -2.10. The highest BCUT2D eigenvalue weighted by atomic mass is 19.4. The fraction of sp³-hybridized carbons (Fsp3) is 0.167. The van der Waals surface area contributed by atoms with Gasteiger partial charge in [0.05, 0.1) is 5.56 Å². The van der Waals surface area contributed by atoms with Crippen molar-refractivity contribution in [3.63, 3.8) is 0 Å². The van der Waals surface area contributed by atoms with Crippen LogP contribution < -0.4 is 0 Å². The van der Waals surface area contributed by atoms with Gasteiger partial charge in [-0.05, 0) is 24.6 Å². The van der Waals surface area contributed by atoms with Gasteiger partial charge in [-0.2, -0.15) is 13.2 Å². The number of carboxylic acids is 1. The number of alkyl halides is 3. The molecule has 0 amide bonds. The third-order valence-electron chi connectivity index (χ3n) is 2.18. The second-order valence-corrected chi connectivity index (χ2v) is 3.50. The Kier molecular flexibility index (Phi) is 3.90. The summed E-state index contributed by atoms with van der Waals surface area (Å²) in [6.07, 6.45) is -3.87. The van der Waals surface area contributed by atoms with Crippen molar-refractivity contribution < 1.29 is 27.9 Å². The highest BCUT2D eigenvalue weighted by Crippen LogP contribution is 2.32. The Hall–Kier alpha value is -2.11. The lowest BCUT2D eigenvalue weighted by molar-refractivity contribution is -0.138. The second-order valence-electron chi connectivity index (χ2n) is 3.50. The summed E-state index contributed by atoms with van der Waals surface area (Å²) in [6.45, 7) is 0.982. The SMILES string of the molecule is CC(=O)/C(=C/c1ccccc1C(F)(F)F)C(=O)O. The Bertz CT molecular complexity index is 500. The molecule has 3 nitrogen and oxygen atoms in total. The third-order valence-corrected chi connectivity index (χ3v) is 2.18. The van der Waals surface area contributed by atoms with Crippen LogP contribution in [0.15, 0.2) is 29.8 Å². The van der Waals surface area contributed by atoms with E-state index in [0.717, 1.165) is 25.1 Å². The number of carbonyl (C=O) groups is 2. The Morgan fingerprint density at radius 3 is 2.22 bits per heavy atom. The summed E-state index contributed by atoms with van der Waals surface area (Å²) in [5.41, 5.74) is -2.02. The first-order valence-electron chi connectivity index (χ1n) is 4.85. The number of benzene rings is 1. The lowest BCUT2D eigenvalue weighted by Crippen LogP contribution is -2.11. The summed E-state index contributed by atoms with van der Waals surface area (Å²) in [4.78, 5) is 21.8. The van der Waals surface area contributed by atoms with Crippen molar-refractivity contribution in [1.82, 2.24) is 0 Å². The number of carbonyl (C=O) groups excluding carboxylic acids is 1. The number of rotatable bonds is 3. The molecule has 18 heavy (non-hydrogen) atoms. The molecule has 0 unspecified atom stereocenters. The molecular weight excluding hydrogens is 249 g/mol. The average molecular weight is 258 g/mol. The standard InChI is InChI=1S/C12H9F3O3/c1-7(16)9(11(17)18)6-8-4-2-3-5-10(8)12(13,14)15/h2-6H,1H3,(H,17,18)/b9-6-. The minimum absolute atomic E-state index is 0.349. The number of hydrogen-bond acceptors (Lipinski definition) is 2. The van der Waals surface area contributed by atoms with Crippen molar-refractivity contribution in [2.24, 2.45) is 0 Å². The zero-order valence-electron chi connectivity index (χ0n) is 9.28. The predicted molar refractivity (Wildman–Crippen MR) is 57.7 cm³/mol. The number of carboxylic acid groups (broad SMARTS) is 1. The van der Waals surface area contributed by atoms with Crippen LogP contribution in [0.3, 0.4) is 0 Å². The van der Waals surface area contributed by atoms with Crippen molar-refractivity contribution in [2.45, 2.75) is 13.1 Å². The fourth-order valence-corrected chi connectivity index (χ4v) is 1.35. The zero-order chi connectivity index (χ0) is 13.9. The van der Waals surface area contributed by atoms with Crippen LogP contribution in [-0.4, -0.2) is 16.9 Å². The van der Waals surface area contributed by atoms with E-state index < -0.39 is 29.1 Å². The van der Waals surface area contributed by atoms with E-state index in [9.17, 15) is 22.8 Å². The van der Waals surface area contributed by atoms with Crippen molar-refractivity contribution in [2.75, 3.05) is 0 Å². The largest absolute Gasteiger partial charge is 0.478 e. The molecule has 1 aromatic carbocycles. The van der Waals surface area contributed by atoms with E-state index in [1.807, 2.05) is 0 Å². The fourth-order valence-electron chi connectivity index (χ4n) is 1.35. The molecule has 0 fully saturated rings. The summed E-state index contributed by atoms with van der Waals surface area (Å²) in [6, 6.07) is 4.45. The molecular formula is C12H9F3O3. The van der Waals surface area contributed by atoms with Gasteiger partial charge >= 0.3 is 12.1 Å². The Morgan fingerprint density at radius 2 is 1.78 bits per heavy atom. The molecule has 0 heterocycles. The monoisotopic (exact) mass is 258 g/mol. The number of aliphatic carboxylic acids is 1. The van der Waals surface area contributed by atoms with Crippen molar-refractivity contribution in [3.8, 4) is 0 Å². The van der Waals surface area contributed by atoms with Crippen LogP contribution in [0.25, 0.3) is 6.08 Å². The van der Waals surface area contributed by atoms with Crippen LogP contribution in [-0.2, 0) is 15.8 Å². The number of halogens is 3. The van der Waals surface area contributed by atoms with E-state index >= 15 is 0 Å². The summed E-state index contributed by atoms with van der Waals surface area (Å²) < 4.78 is 37.9. The molecule has 1 N–H and O–H groups in total. The molecule has 0 saturated carbocycles. The maximum atomic E-state index is 12.6. The molecule has 0 spiro atoms. The lowest BCUT2D eigenvalue weighted by atomic mass is 10.0. The maximum Gasteiger partial charge on any atom is 0.416 e. The molecule has 1 rings (SSSR count). The van der Waals surface area contributed by atoms with Gasteiger partial charge in [-0.15, -0.1) is 0 Å². The maximum absolute atomic E-state index is 12.6. The van der Waals surface area contributed by atoms with Gasteiger partial charge in [-0.25, -0.2) is 4.79 Å². The smallest absolute Gasteiger partial charge is 0.416 e. The molecule has 0 aromatic heterocycles. The highest BCUT2D eigenvalue weighted by molar-refractivity contribution is 6.19. The van der Waals surface area contributed by atoms with E-state index in [2.05, 4.69) is 0 Å². The number of hydrogen-bond donors (Lipinski definition) is 1. The summed E-state index contributed by atoms with van der Waals surface area (Å²) >= 11 is 0. The molecule has 0 bridgehead atoms. The average Bonchev–Trinajstić information content (AvgIpc) is 2.24. The van der Waals surface area contributed by atoms with Crippen LogP contribution in [0.2, 0.25) is 0 Å². The zero-order valence-corrected chi connectivity index (χ0v) is 9.28. The molecule has 96 valence electrons. The quantitative estimate of drug-likeness (QED) is 0.515. The Labute approximate surface area is 101 Å². The van der Waals surface area contributed by atoms with Gasteiger partial charge in [-0.1, -0.05) is 18.2 Å². The molecule has 0 aliphatic heterocycles. The number of ketones is 1. The topological polar surface area (TPSA) is 54.4 Å². The first-order chi connectivity index (χ1) is 8.23. The van der Waals surface area contributed by atoms with E-state index in [0.29, 0.717) is 0 Å². The van der Waals surface area contributed by atoms with E-state index in [1.54, 1.807) is 0 Å². The van der Waals surface area contributed by atoms with Crippen LogP contribution in [0, 0.1) is 0 Å². The van der Waals surface area contributed by atoms with E-state index in [4.69, 9.17) is 5.11 Å².